The van der Waals surface area contributed by atoms with Gasteiger partial charge in [0.15, 0.2) is 0 Å². The second-order valence-electron chi connectivity index (χ2n) is 8.58. The van der Waals surface area contributed by atoms with Crippen molar-refractivity contribution in [1.82, 2.24) is 15.1 Å². The number of piperidine rings is 1. The Kier molecular flexibility index (Phi) is 5.53. The Bertz CT molecular complexity index is 1060. The Morgan fingerprint density at radius 1 is 0.969 bits per heavy atom. The van der Waals surface area contributed by atoms with Crippen LogP contribution in [0.15, 0.2) is 83.5 Å². The monoisotopic (exact) mass is 429 g/mol. The topological polar surface area (TPSA) is 65.8 Å². The molecule has 1 spiro atoms. The molecule has 0 saturated carbocycles. The van der Waals surface area contributed by atoms with Gasteiger partial charge in [0.05, 0.1) is 24.5 Å². The third-order valence-corrected chi connectivity index (χ3v) is 6.60. The van der Waals surface area contributed by atoms with E-state index in [-0.39, 0.29) is 17.9 Å². The second kappa shape index (κ2) is 8.63. The zero-order valence-corrected chi connectivity index (χ0v) is 17.9. The lowest BCUT2D eigenvalue weighted by molar-refractivity contribution is -0.134. The molecule has 2 aromatic carbocycles. The Hall–Kier alpha value is -3.38. The highest BCUT2D eigenvalue weighted by atomic mass is 16.3. The molecule has 0 aliphatic carbocycles. The van der Waals surface area contributed by atoms with Crippen molar-refractivity contribution >= 4 is 11.8 Å². The Labute approximate surface area is 187 Å². The highest BCUT2D eigenvalue weighted by Gasteiger charge is 2.51. The largest absolute Gasteiger partial charge is 0.467 e. The van der Waals surface area contributed by atoms with Gasteiger partial charge in [-0.3, -0.25) is 14.9 Å². The molecule has 5 rings (SSSR count). The molecule has 0 radical (unpaired) electrons. The van der Waals surface area contributed by atoms with E-state index in [1.54, 1.807) is 6.26 Å². The van der Waals surface area contributed by atoms with Crippen LogP contribution in [0.3, 0.4) is 0 Å². The van der Waals surface area contributed by atoms with Gasteiger partial charge in [-0.2, -0.15) is 0 Å². The van der Waals surface area contributed by atoms with Gasteiger partial charge in [0, 0.05) is 31.5 Å². The van der Waals surface area contributed by atoms with Crippen molar-refractivity contribution in [2.45, 2.75) is 37.5 Å². The van der Waals surface area contributed by atoms with Crippen molar-refractivity contribution < 1.29 is 14.0 Å². The maximum atomic E-state index is 13.5. The van der Waals surface area contributed by atoms with E-state index >= 15 is 0 Å². The van der Waals surface area contributed by atoms with E-state index < -0.39 is 5.66 Å². The summed E-state index contributed by atoms with van der Waals surface area (Å²) in [6, 6.07) is 22.9. The minimum Gasteiger partial charge on any atom is -0.467 e. The fourth-order valence-corrected chi connectivity index (χ4v) is 4.90. The summed E-state index contributed by atoms with van der Waals surface area (Å²) in [6.45, 7) is 1.62. The highest BCUT2D eigenvalue weighted by molar-refractivity contribution is 5.94. The lowest BCUT2D eigenvalue weighted by Crippen LogP contribution is -2.59. The molecule has 6 nitrogen and oxygen atoms in total. The van der Waals surface area contributed by atoms with Gasteiger partial charge < -0.3 is 14.2 Å². The molecule has 1 N–H and O–H groups in total. The number of furan rings is 1. The molecule has 2 saturated heterocycles. The number of hydrogen-bond acceptors (Lipinski definition) is 4. The minimum absolute atomic E-state index is 0.0446. The van der Waals surface area contributed by atoms with Crippen molar-refractivity contribution in [2.75, 3.05) is 13.1 Å². The second-order valence-corrected chi connectivity index (χ2v) is 8.58. The average molecular weight is 430 g/mol. The molecule has 6 heteroatoms. The molecule has 2 amide bonds. The van der Waals surface area contributed by atoms with Gasteiger partial charge in [0.25, 0.3) is 5.91 Å². The molecule has 164 valence electrons. The summed E-state index contributed by atoms with van der Waals surface area (Å²) in [7, 11) is 0. The Balaban J connectivity index is 1.35. The lowest BCUT2D eigenvalue weighted by atomic mass is 9.95. The summed E-state index contributed by atoms with van der Waals surface area (Å²) in [6.07, 6.45) is 3.65. The van der Waals surface area contributed by atoms with Crippen LogP contribution in [0.4, 0.5) is 0 Å². The van der Waals surface area contributed by atoms with Gasteiger partial charge in [-0.15, -0.1) is 0 Å². The molecule has 3 aromatic rings. The van der Waals surface area contributed by atoms with Gasteiger partial charge in [-0.25, -0.2) is 0 Å². The number of amides is 2. The van der Waals surface area contributed by atoms with Crippen LogP contribution in [-0.2, 0) is 17.8 Å². The van der Waals surface area contributed by atoms with Crippen LogP contribution in [0, 0.1) is 0 Å². The zero-order valence-electron chi connectivity index (χ0n) is 17.9. The number of nitrogens with one attached hydrogen (secondary N) is 1. The number of rotatable bonds is 5. The number of carbonyl (C=O) groups excluding carboxylic acids is 2. The number of hydrogen-bond donors (Lipinski definition) is 1. The van der Waals surface area contributed by atoms with Gasteiger partial charge in [-0.05, 0) is 36.2 Å². The van der Waals surface area contributed by atoms with Crippen LogP contribution in [0.5, 0.6) is 0 Å². The van der Waals surface area contributed by atoms with Gasteiger partial charge in [0.1, 0.15) is 5.76 Å². The number of benzene rings is 2. The van der Waals surface area contributed by atoms with Crippen LogP contribution in [0.25, 0.3) is 0 Å². The first-order valence-electron chi connectivity index (χ1n) is 11.1. The summed E-state index contributed by atoms with van der Waals surface area (Å²) in [4.78, 5) is 30.2. The van der Waals surface area contributed by atoms with E-state index in [9.17, 15) is 9.59 Å². The maximum Gasteiger partial charge on any atom is 0.253 e. The summed E-state index contributed by atoms with van der Waals surface area (Å²) in [5.74, 6) is 0.902. The average Bonchev–Trinajstić information content (AvgIpc) is 3.44. The molecule has 2 fully saturated rings. The maximum absolute atomic E-state index is 13.5. The minimum atomic E-state index is -0.475. The van der Waals surface area contributed by atoms with Gasteiger partial charge in [0.2, 0.25) is 5.91 Å². The fourth-order valence-electron chi connectivity index (χ4n) is 4.90. The molecular formula is C26H27N3O3. The van der Waals surface area contributed by atoms with Crippen LogP contribution in [-0.4, -0.2) is 46.4 Å². The normalized spacial score (nSPS) is 20.1. The van der Waals surface area contributed by atoms with Crippen molar-refractivity contribution in [2.24, 2.45) is 0 Å². The lowest BCUT2D eigenvalue weighted by Gasteiger charge is -2.44. The molecule has 2 aliphatic heterocycles. The standard InChI is InChI=1S/C26H27N3O3/c30-24(21-10-5-2-6-11-21)28-15-13-26(14-16-28)27-23(18-20-8-3-1-4-9-20)25(31)29(26)19-22-12-7-17-32-22/h1-12,17,23,27H,13-16,18-19H2. The SMILES string of the molecule is O=C(c1ccccc1)N1CCC2(CC1)NC(Cc1ccccc1)C(=O)N2Cc1ccco1. The zero-order chi connectivity index (χ0) is 22.0. The Morgan fingerprint density at radius 2 is 1.66 bits per heavy atom. The van der Waals surface area contributed by atoms with Crippen LogP contribution >= 0.6 is 0 Å². The van der Waals surface area contributed by atoms with E-state index in [1.807, 2.05) is 70.5 Å². The molecule has 2 aliphatic rings. The number of nitrogens with zero attached hydrogens (tertiary/aromatic N) is 2. The van der Waals surface area contributed by atoms with E-state index in [2.05, 4.69) is 17.4 Å². The van der Waals surface area contributed by atoms with Crippen molar-refractivity contribution in [3.63, 3.8) is 0 Å². The molecule has 32 heavy (non-hydrogen) atoms. The molecule has 0 bridgehead atoms. The quantitative estimate of drug-likeness (QED) is 0.675. The Morgan fingerprint density at radius 3 is 2.31 bits per heavy atom. The molecular weight excluding hydrogens is 402 g/mol. The number of likely N-dealkylation sites (tertiary alicyclic amines) is 1. The van der Waals surface area contributed by atoms with Crippen molar-refractivity contribution in [1.29, 1.82) is 0 Å². The summed E-state index contributed by atoms with van der Waals surface area (Å²) < 4.78 is 5.56. The van der Waals surface area contributed by atoms with E-state index in [4.69, 9.17) is 4.42 Å². The van der Waals surface area contributed by atoms with E-state index in [0.717, 1.165) is 11.3 Å². The summed E-state index contributed by atoms with van der Waals surface area (Å²) >= 11 is 0. The van der Waals surface area contributed by atoms with Gasteiger partial charge in [-0.1, -0.05) is 48.5 Å². The third kappa shape index (κ3) is 3.94. The van der Waals surface area contributed by atoms with Crippen molar-refractivity contribution in [3.05, 3.63) is 95.9 Å². The smallest absolute Gasteiger partial charge is 0.253 e. The highest BCUT2D eigenvalue weighted by Crippen LogP contribution is 2.35. The van der Waals surface area contributed by atoms with Crippen LogP contribution in [0.1, 0.15) is 34.5 Å². The molecule has 3 heterocycles. The summed E-state index contributed by atoms with van der Waals surface area (Å²) in [5, 5.41) is 3.66. The predicted octanol–water partition coefficient (Wildman–Crippen LogP) is 3.46. The van der Waals surface area contributed by atoms with Crippen molar-refractivity contribution in [3.8, 4) is 0 Å². The molecule has 1 atom stereocenters. The fraction of sp³-hybridized carbons (Fsp3) is 0.308. The van der Waals surface area contributed by atoms with Crippen LogP contribution in [0.2, 0.25) is 0 Å². The van der Waals surface area contributed by atoms with Crippen LogP contribution < -0.4 is 5.32 Å². The van der Waals surface area contributed by atoms with Gasteiger partial charge >= 0.3 is 0 Å². The summed E-state index contributed by atoms with van der Waals surface area (Å²) in [5.41, 5.74) is 1.36. The predicted molar refractivity (Wildman–Crippen MR) is 121 cm³/mol. The first-order valence-corrected chi connectivity index (χ1v) is 11.1. The molecule has 1 unspecified atom stereocenters. The first-order chi connectivity index (χ1) is 15.6. The van der Waals surface area contributed by atoms with E-state index in [0.29, 0.717) is 44.5 Å². The van der Waals surface area contributed by atoms with E-state index in [1.165, 1.54) is 0 Å². The third-order valence-electron chi connectivity index (χ3n) is 6.60. The first kappa shape index (κ1) is 20.5. The molecule has 1 aromatic heterocycles. The number of carbonyl (C=O) groups is 2.